The van der Waals surface area contributed by atoms with Gasteiger partial charge in [0.2, 0.25) is 0 Å². The van der Waals surface area contributed by atoms with Crippen molar-refractivity contribution in [2.75, 3.05) is 25.1 Å². The van der Waals surface area contributed by atoms with E-state index in [1.807, 2.05) is 44.2 Å². The molecule has 0 spiro atoms. The molecular formula is C26H42N2O5S. The number of hydrogen-bond donors (Lipinski definition) is 2. The van der Waals surface area contributed by atoms with E-state index >= 15 is 0 Å². The lowest BCUT2D eigenvalue weighted by molar-refractivity contribution is -0.222. The Morgan fingerprint density at radius 2 is 1.74 bits per heavy atom. The molecule has 2 aliphatic heterocycles. The van der Waals surface area contributed by atoms with Crippen molar-refractivity contribution in [3.05, 3.63) is 30.3 Å². The molecule has 5 atom stereocenters. The van der Waals surface area contributed by atoms with E-state index in [1.165, 1.54) is 0 Å². The number of unbranched alkanes of at least 4 members (excludes halogenated alkanes) is 4. The molecule has 0 aliphatic carbocycles. The number of nitrogens with one attached hydrogen (secondary N) is 2. The van der Waals surface area contributed by atoms with E-state index in [2.05, 4.69) is 24.5 Å². The summed E-state index contributed by atoms with van der Waals surface area (Å²) >= 11 is 5.64. The Balaban J connectivity index is 1.69. The zero-order valence-electron chi connectivity index (χ0n) is 21.1. The topological polar surface area (TPSA) is 70.2 Å². The molecule has 0 amide bonds. The molecule has 0 aromatic heterocycles. The van der Waals surface area contributed by atoms with E-state index in [1.54, 1.807) is 0 Å². The van der Waals surface area contributed by atoms with Crippen molar-refractivity contribution in [1.29, 1.82) is 0 Å². The second kappa shape index (κ2) is 13.7. The molecule has 2 saturated heterocycles. The van der Waals surface area contributed by atoms with Crippen LogP contribution >= 0.6 is 12.2 Å². The normalized spacial score (nSPS) is 26.2. The van der Waals surface area contributed by atoms with Crippen molar-refractivity contribution in [1.82, 2.24) is 5.32 Å². The lowest BCUT2D eigenvalue weighted by Gasteiger charge is -2.32. The summed E-state index contributed by atoms with van der Waals surface area (Å²) in [5.74, 6) is -0.719. The van der Waals surface area contributed by atoms with Gasteiger partial charge in [-0.25, -0.2) is 0 Å². The number of para-hydroxylation sites is 1. The number of hydrogen-bond acceptors (Lipinski definition) is 6. The molecule has 0 bridgehead atoms. The Kier molecular flexibility index (Phi) is 11.0. The molecule has 2 aliphatic rings. The Hall–Kier alpha value is -1.29. The van der Waals surface area contributed by atoms with Crippen LogP contribution in [0.25, 0.3) is 0 Å². The van der Waals surface area contributed by atoms with Gasteiger partial charge in [-0.3, -0.25) is 0 Å². The first-order valence-electron chi connectivity index (χ1n) is 12.8. The average molecular weight is 495 g/mol. The van der Waals surface area contributed by atoms with Gasteiger partial charge in [-0.15, -0.1) is 0 Å². The van der Waals surface area contributed by atoms with Gasteiger partial charge >= 0.3 is 0 Å². The van der Waals surface area contributed by atoms with Gasteiger partial charge < -0.3 is 34.3 Å². The minimum Gasteiger partial charge on any atom is -0.379 e. The lowest BCUT2D eigenvalue weighted by Crippen LogP contribution is -2.54. The second-order valence-electron chi connectivity index (χ2n) is 9.46. The summed E-state index contributed by atoms with van der Waals surface area (Å²) in [5.41, 5.74) is 0.919. The van der Waals surface area contributed by atoms with Crippen LogP contribution in [-0.2, 0) is 23.7 Å². The molecule has 34 heavy (non-hydrogen) atoms. The van der Waals surface area contributed by atoms with Crippen molar-refractivity contribution in [2.24, 2.45) is 0 Å². The van der Waals surface area contributed by atoms with Crippen molar-refractivity contribution < 1.29 is 23.7 Å². The van der Waals surface area contributed by atoms with Gasteiger partial charge in [-0.05, 0) is 51.0 Å². The van der Waals surface area contributed by atoms with Crippen LogP contribution in [-0.4, -0.2) is 61.4 Å². The van der Waals surface area contributed by atoms with Crippen LogP contribution in [0.3, 0.4) is 0 Å². The van der Waals surface area contributed by atoms with Gasteiger partial charge in [0.15, 0.2) is 17.2 Å². The number of benzene rings is 1. The summed E-state index contributed by atoms with van der Waals surface area (Å²) in [4.78, 5) is 0. The van der Waals surface area contributed by atoms with Crippen LogP contribution in [0.2, 0.25) is 0 Å². The highest BCUT2D eigenvalue weighted by molar-refractivity contribution is 7.80. The minimum atomic E-state index is -0.719. The zero-order valence-corrected chi connectivity index (χ0v) is 21.9. The first kappa shape index (κ1) is 27.3. The number of rotatable bonds is 14. The van der Waals surface area contributed by atoms with Gasteiger partial charge in [0, 0.05) is 18.9 Å². The number of thiocarbonyl (C=S) groups is 1. The first-order valence-corrected chi connectivity index (χ1v) is 13.2. The summed E-state index contributed by atoms with van der Waals surface area (Å²) in [5, 5.41) is 7.19. The summed E-state index contributed by atoms with van der Waals surface area (Å²) < 4.78 is 31.0. The van der Waals surface area contributed by atoms with Gasteiger partial charge in [0.25, 0.3) is 0 Å². The fourth-order valence-electron chi connectivity index (χ4n) is 4.33. The van der Waals surface area contributed by atoms with Crippen molar-refractivity contribution >= 4 is 23.0 Å². The SMILES string of the molecule is CCCCCOC[C@@H](OCCCCC)[C@H]1O[C@@H]2OC(C)(C)O[C@@H]2[C@H]1NC(=S)Nc1ccccc1. The van der Waals surface area contributed by atoms with Crippen LogP contribution in [0.15, 0.2) is 30.3 Å². The van der Waals surface area contributed by atoms with E-state index in [-0.39, 0.29) is 24.4 Å². The van der Waals surface area contributed by atoms with Crippen LogP contribution in [0, 0.1) is 0 Å². The standard InChI is InChI=1S/C26H42N2O5S/c1-5-7-12-16-29-18-20(30-17-13-8-6-2)22-21(23-24(31-22)33-26(3,4)32-23)28-25(34)27-19-14-10-9-11-15-19/h9-11,14-15,20-24H,5-8,12-13,16-18H2,1-4H3,(H2,27,28,34)/t20-,21+,22-,23-,24-/m1/s1. The van der Waals surface area contributed by atoms with Crippen molar-refractivity contribution in [3.63, 3.8) is 0 Å². The highest BCUT2D eigenvalue weighted by Gasteiger charge is 2.57. The molecule has 3 rings (SSSR count). The molecule has 1 aromatic carbocycles. The van der Waals surface area contributed by atoms with E-state index in [9.17, 15) is 0 Å². The Bertz CT molecular complexity index is 735. The summed E-state index contributed by atoms with van der Waals surface area (Å²) in [7, 11) is 0. The van der Waals surface area contributed by atoms with Crippen LogP contribution in [0.5, 0.6) is 0 Å². The van der Waals surface area contributed by atoms with E-state index in [0.717, 1.165) is 44.2 Å². The number of fused-ring (bicyclic) bond motifs is 1. The molecule has 0 unspecified atom stereocenters. The maximum Gasteiger partial charge on any atom is 0.189 e. The predicted molar refractivity (Wildman–Crippen MR) is 138 cm³/mol. The Labute approximate surface area is 210 Å². The first-order chi connectivity index (χ1) is 16.4. The highest BCUT2D eigenvalue weighted by Crippen LogP contribution is 2.39. The van der Waals surface area contributed by atoms with Crippen LogP contribution in [0.4, 0.5) is 5.69 Å². The quantitative estimate of drug-likeness (QED) is 0.277. The van der Waals surface area contributed by atoms with Crippen LogP contribution in [0.1, 0.15) is 66.2 Å². The molecule has 2 heterocycles. The molecular weight excluding hydrogens is 452 g/mol. The van der Waals surface area contributed by atoms with Gasteiger partial charge in [0.05, 0.1) is 12.6 Å². The fraction of sp³-hybridized carbons (Fsp3) is 0.731. The fourth-order valence-corrected chi connectivity index (χ4v) is 4.59. The predicted octanol–water partition coefficient (Wildman–Crippen LogP) is 5.00. The molecule has 0 radical (unpaired) electrons. The molecule has 1 aromatic rings. The zero-order chi connectivity index (χ0) is 24.4. The summed E-state index contributed by atoms with van der Waals surface area (Å²) in [6, 6.07) is 9.61. The molecule has 192 valence electrons. The maximum absolute atomic E-state index is 6.38. The van der Waals surface area contributed by atoms with Gasteiger partial charge in [-0.1, -0.05) is 57.7 Å². The van der Waals surface area contributed by atoms with Crippen LogP contribution < -0.4 is 10.6 Å². The van der Waals surface area contributed by atoms with Crippen molar-refractivity contribution in [2.45, 2.75) is 103 Å². The molecule has 2 fully saturated rings. The molecule has 7 nitrogen and oxygen atoms in total. The monoisotopic (exact) mass is 494 g/mol. The lowest BCUT2D eigenvalue weighted by atomic mass is 10.0. The third-order valence-electron chi connectivity index (χ3n) is 6.04. The van der Waals surface area contributed by atoms with Gasteiger partial charge in [-0.2, -0.15) is 0 Å². The highest BCUT2D eigenvalue weighted by atomic mass is 32.1. The third-order valence-corrected chi connectivity index (χ3v) is 6.26. The third kappa shape index (κ3) is 8.14. The molecule has 8 heteroatoms. The van der Waals surface area contributed by atoms with E-state index < -0.39 is 12.1 Å². The largest absolute Gasteiger partial charge is 0.379 e. The second-order valence-corrected chi connectivity index (χ2v) is 9.87. The van der Waals surface area contributed by atoms with E-state index in [0.29, 0.717) is 24.9 Å². The number of ether oxygens (including phenoxy) is 5. The summed E-state index contributed by atoms with van der Waals surface area (Å²) in [6.07, 6.45) is 5.28. The summed E-state index contributed by atoms with van der Waals surface area (Å²) in [6.45, 7) is 10.0. The Morgan fingerprint density at radius 3 is 2.44 bits per heavy atom. The van der Waals surface area contributed by atoms with E-state index in [4.69, 9.17) is 35.9 Å². The molecule has 0 saturated carbocycles. The smallest absolute Gasteiger partial charge is 0.189 e. The average Bonchev–Trinajstić information content (AvgIpc) is 3.28. The molecule has 2 N–H and O–H groups in total. The number of anilines is 1. The Morgan fingerprint density at radius 1 is 1.03 bits per heavy atom. The minimum absolute atomic E-state index is 0.245. The maximum atomic E-state index is 6.38. The van der Waals surface area contributed by atoms with Crippen molar-refractivity contribution in [3.8, 4) is 0 Å². The van der Waals surface area contributed by atoms with Gasteiger partial charge in [0.1, 0.15) is 18.3 Å².